The van der Waals surface area contributed by atoms with Gasteiger partial charge in [-0.25, -0.2) is 4.99 Å². The zero-order chi connectivity index (χ0) is 9.72. The molecule has 0 N–H and O–H groups in total. The maximum Gasteiger partial charge on any atom is 0.317 e. The zero-order valence-electron chi connectivity index (χ0n) is 7.24. The Hall–Kier alpha value is -0.440. The van der Waals surface area contributed by atoms with Crippen LogP contribution in [0.25, 0.3) is 0 Å². The van der Waals surface area contributed by atoms with Crippen molar-refractivity contribution in [2.75, 3.05) is 7.05 Å². The van der Waals surface area contributed by atoms with E-state index in [1.165, 1.54) is 4.90 Å². The predicted molar refractivity (Wildman–Crippen MR) is 52.7 cm³/mol. The highest BCUT2D eigenvalue weighted by Crippen LogP contribution is 2.11. The second-order valence-corrected chi connectivity index (χ2v) is 3.25. The minimum Gasteiger partial charge on any atom is -0.309 e. The number of amides is 1. The molecule has 0 bridgehead atoms. The third kappa shape index (κ3) is 3.30. The fourth-order valence-electron chi connectivity index (χ4n) is 0.841. The van der Waals surface area contributed by atoms with Gasteiger partial charge in [0.2, 0.25) is 0 Å². The molecule has 0 aromatic heterocycles. The summed E-state index contributed by atoms with van der Waals surface area (Å²) in [4.78, 5) is 15.9. The largest absolute Gasteiger partial charge is 0.317 e. The van der Waals surface area contributed by atoms with Gasteiger partial charge in [-0.15, -0.1) is 0 Å². The molecule has 0 spiro atoms. The molecule has 0 fully saturated rings. The second kappa shape index (κ2) is 5.25. The van der Waals surface area contributed by atoms with Crippen molar-refractivity contribution in [3.05, 3.63) is 0 Å². The molecular formula is C7H11ClN2OS. The Morgan fingerprint density at radius 2 is 2.17 bits per heavy atom. The molecule has 0 aliphatic rings. The SMILES string of the molecule is CC(C)C(N=C=S)N(C)C(=O)Cl. The third-order valence-electron chi connectivity index (χ3n) is 1.46. The summed E-state index contributed by atoms with van der Waals surface area (Å²) < 4.78 is 0. The number of carbonyl (C=O) groups is 1. The van der Waals surface area contributed by atoms with Crippen LogP contribution in [0.1, 0.15) is 13.8 Å². The molecule has 0 saturated heterocycles. The number of isothiocyanates is 1. The smallest absolute Gasteiger partial charge is 0.309 e. The maximum atomic E-state index is 10.7. The van der Waals surface area contributed by atoms with E-state index in [1.807, 2.05) is 13.8 Å². The predicted octanol–water partition coefficient (Wildman–Crippen LogP) is 2.36. The first kappa shape index (κ1) is 11.6. The van der Waals surface area contributed by atoms with Gasteiger partial charge in [-0.2, -0.15) is 0 Å². The van der Waals surface area contributed by atoms with E-state index in [1.54, 1.807) is 7.05 Å². The van der Waals surface area contributed by atoms with Crippen LogP contribution in [-0.2, 0) is 0 Å². The molecule has 0 heterocycles. The number of thiocarbonyl (C=S) groups is 1. The summed E-state index contributed by atoms with van der Waals surface area (Å²) in [5.74, 6) is 0.174. The molecule has 1 amide bonds. The molecule has 12 heavy (non-hydrogen) atoms. The van der Waals surface area contributed by atoms with E-state index in [-0.39, 0.29) is 12.1 Å². The van der Waals surface area contributed by atoms with Crippen molar-refractivity contribution in [2.24, 2.45) is 10.9 Å². The Morgan fingerprint density at radius 3 is 2.42 bits per heavy atom. The fraction of sp³-hybridized carbons (Fsp3) is 0.714. The standard InChI is InChI=1S/C7H11ClN2OS/c1-5(2)6(9-4-12)10(3)7(8)11/h5-6H,1-3H3. The number of rotatable bonds is 3. The van der Waals surface area contributed by atoms with Gasteiger partial charge < -0.3 is 4.90 Å². The Morgan fingerprint density at radius 1 is 1.67 bits per heavy atom. The summed E-state index contributed by atoms with van der Waals surface area (Å²) in [7, 11) is 1.58. The number of carbonyl (C=O) groups excluding carboxylic acids is 1. The van der Waals surface area contributed by atoms with Crippen LogP contribution in [0, 0.1) is 5.92 Å². The number of aliphatic imine (C=N–C) groups is 1. The lowest BCUT2D eigenvalue weighted by Gasteiger charge is -2.24. The monoisotopic (exact) mass is 206 g/mol. The van der Waals surface area contributed by atoms with Gasteiger partial charge in [0.1, 0.15) is 6.17 Å². The third-order valence-corrected chi connectivity index (χ3v) is 1.83. The topological polar surface area (TPSA) is 32.7 Å². The molecule has 68 valence electrons. The van der Waals surface area contributed by atoms with Crippen LogP contribution in [0.2, 0.25) is 0 Å². The average Bonchev–Trinajstić information content (AvgIpc) is 1.98. The molecule has 1 atom stereocenters. The number of hydrogen-bond donors (Lipinski definition) is 0. The van der Waals surface area contributed by atoms with Crippen LogP contribution in [-0.4, -0.2) is 28.6 Å². The van der Waals surface area contributed by atoms with Crippen LogP contribution in [0.3, 0.4) is 0 Å². The van der Waals surface area contributed by atoms with Gasteiger partial charge >= 0.3 is 5.37 Å². The van der Waals surface area contributed by atoms with Gasteiger partial charge in [0.15, 0.2) is 0 Å². The Kier molecular flexibility index (Phi) is 5.06. The minimum absolute atomic E-state index is 0.174. The van der Waals surface area contributed by atoms with Gasteiger partial charge in [0, 0.05) is 7.05 Å². The minimum atomic E-state index is -0.539. The molecule has 3 nitrogen and oxygen atoms in total. The summed E-state index contributed by atoms with van der Waals surface area (Å²) in [5.41, 5.74) is 0. The quantitative estimate of drug-likeness (QED) is 0.307. The van der Waals surface area contributed by atoms with Crippen LogP contribution in [0.15, 0.2) is 4.99 Å². The van der Waals surface area contributed by atoms with Crippen LogP contribution in [0.4, 0.5) is 4.79 Å². The van der Waals surface area contributed by atoms with E-state index in [2.05, 4.69) is 22.4 Å². The molecule has 1 unspecified atom stereocenters. The lowest BCUT2D eigenvalue weighted by atomic mass is 10.1. The van der Waals surface area contributed by atoms with Crippen LogP contribution >= 0.6 is 23.8 Å². The van der Waals surface area contributed by atoms with Gasteiger partial charge in [-0.3, -0.25) is 4.79 Å². The molecule has 0 aromatic carbocycles. The Labute approximate surface area is 82.4 Å². The molecule has 0 rings (SSSR count). The lowest BCUT2D eigenvalue weighted by molar-refractivity contribution is 0.199. The highest BCUT2D eigenvalue weighted by molar-refractivity contribution is 7.78. The average molecular weight is 207 g/mol. The van der Waals surface area contributed by atoms with E-state index in [0.717, 1.165) is 0 Å². The first-order valence-electron chi connectivity index (χ1n) is 3.50. The van der Waals surface area contributed by atoms with E-state index in [4.69, 9.17) is 11.6 Å². The highest BCUT2D eigenvalue weighted by Gasteiger charge is 2.20. The second-order valence-electron chi connectivity index (χ2n) is 2.74. The van der Waals surface area contributed by atoms with E-state index in [9.17, 15) is 4.79 Å². The molecule has 5 heteroatoms. The number of nitrogens with zero attached hydrogens (tertiary/aromatic N) is 2. The van der Waals surface area contributed by atoms with Crippen LogP contribution in [0.5, 0.6) is 0 Å². The summed E-state index contributed by atoms with van der Waals surface area (Å²) in [6, 6.07) is 0. The number of hydrogen-bond acceptors (Lipinski definition) is 3. The molecule has 0 aromatic rings. The van der Waals surface area contributed by atoms with Crippen molar-refractivity contribution in [1.82, 2.24) is 4.90 Å². The van der Waals surface area contributed by atoms with Crippen molar-refractivity contribution in [2.45, 2.75) is 20.0 Å². The summed E-state index contributed by atoms with van der Waals surface area (Å²) >= 11 is 9.72. The molecule has 0 aliphatic carbocycles. The van der Waals surface area contributed by atoms with Gasteiger partial charge in [0.05, 0.1) is 5.16 Å². The van der Waals surface area contributed by atoms with E-state index in [0.29, 0.717) is 0 Å². The summed E-state index contributed by atoms with van der Waals surface area (Å²) in [6.45, 7) is 3.86. The highest BCUT2D eigenvalue weighted by atomic mass is 35.5. The van der Waals surface area contributed by atoms with Crippen molar-refractivity contribution < 1.29 is 4.79 Å². The van der Waals surface area contributed by atoms with E-state index >= 15 is 0 Å². The maximum absolute atomic E-state index is 10.7. The Bertz CT molecular complexity index is 213. The summed E-state index contributed by atoms with van der Waals surface area (Å²) in [6.07, 6.45) is -0.313. The Balaban J connectivity index is 4.50. The van der Waals surface area contributed by atoms with Gasteiger partial charge in [0.25, 0.3) is 0 Å². The lowest BCUT2D eigenvalue weighted by Crippen LogP contribution is -2.35. The van der Waals surface area contributed by atoms with Gasteiger partial charge in [-0.1, -0.05) is 13.8 Å². The molecule has 0 aliphatic heterocycles. The fourth-order valence-corrected chi connectivity index (χ4v) is 1.05. The van der Waals surface area contributed by atoms with Crippen molar-refractivity contribution in [3.8, 4) is 0 Å². The van der Waals surface area contributed by atoms with E-state index < -0.39 is 5.37 Å². The summed E-state index contributed by atoms with van der Waals surface area (Å²) in [5, 5.41) is 1.70. The van der Waals surface area contributed by atoms with Gasteiger partial charge in [-0.05, 0) is 29.7 Å². The first-order valence-corrected chi connectivity index (χ1v) is 4.28. The van der Waals surface area contributed by atoms with Crippen molar-refractivity contribution in [3.63, 3.8) is 0 Å². The first-order chi connectivity index (χ1) is 5.50. The van der Waals surface area contributed by atoms with Crippen molar-refractivity contribution in [1.29, 1.82) is 0 Å². The molecular weight excluding hydrogens is 196 g/mol. The van der Waals surface area contributed by atoms with Crippen molar-refractivity contribution >= 4 is 34.3 Å². The van der Waals surface area contributed by atoms with Crippen LogP contribution < -0.4 is 0 Å². The molecule has 0 radical (unpaired) electrons. The molecule has 0 saturated carbocycles. The number of halogens is 1. The normalized spacial score (nSPS) is 12.1. The zero-order valence-corrected chi connectivity index (χ0v) is 8.82.